The van der Waals surface area contributed by atoms with E-state index in [1.807, 2.05) is 0 Å². The van der Waals surface area contributed by atoms with Crippen LogP contribution in [0.4, 0.5) is 21.9 Å². The maximum atomic E-state index is 11.9. The van der Waals surface area contributed by atoms with Gasteiger partial charge in [-0.05, 0) is 42.8 Å². The number of amides is 2. The summed E-state index contributed by atoms with van der Waals surface area (Å²) in [5.74, 6) is 0.0180. The first kappa shape index (κ1) is 16.9. The molecule has 0 saturated carbocycles. The first-order valence-corrected chi connectivity index (χ1v) is 6.96. The van der Waals surface area contributed by atoms with Gasteiger partial charge in [0, 0.05) is 18.7 Å². The van der Waals surface area contributed by atoms with Gasteiger partial charge in [-0.1, -0.05) is 6.07 Å². The zero-order valence-corrected chi connectivity index (χ0v) is 13.0. The second-order valence-electron chi connectivity index (χ2n) is 5.00. The predicted octanol–water partition coefficient (Wildman–Crippen LogP) is 3.47. The fourth-order valence-electron chi connectivity index (χ4n) is 1.95. The Bertz CT molecular complexity index is 787. The normalized spacial score (nSPS) is 9.92. The molecule has 0 aromatic heterocycles. The van der Waals surface area contributed by atoms with E-state index in [0.29, 0.717) is 11.3 Å². The molecular formula is C16H15N3O5. The number of anilines is 2. The van der Waals surface area contributed by atoms with Crippen molar-refractivity contribution in [1.29, 1.82) is 0 Å². The van der Waals surface area contributed by atoms with E-state index in [2.05, 4.69) is 10.6 Å². The van der Waals surface area contributed by atoms with E-state index in [9.17, 15) is 19.7 Å². The van der Waals surface area contributed by atoms with Gasteiger partial charge < -0.3 is 10.1 Å². The molecule has 2 N–H and O–H groups in total. The Kier molecular flexibility index (Phi) is 5.10. The summed E-state index contributed by atoms with van der Waals surface area (Å²) in [4.78, 5) is 33.2. The van der Waals surface area contributed by atoms with E-state index >= 15 is 0 Å². The highest BCUT2D eigenvalue weighted by Gasteiger charge is 2.16. The molecule has 0 atom stereocenters. The summed E-state index contributed by atoms with van der Waals surface area (Å²) in [5.41, 5.74) is 1.09. The topological polar surface area (TPSA) is 111 Å². The highest BCUT2D eigenvalue weighted by molar-refractivity contribution is 5.90. The van der Waals surface area contributed by atoms with E-state index < -0.39 is 11.0 Å². The summed E-state index contributed by atoms with van der Waals surface area (Å²) in [6.07, 6.45) is -0.853. The summed E-state index contributed by atoms with van der Waals surface area (Å²) in [7, 11) is 0. The van der Waals surface area contributed by atoms with Gasteiger partial charge in [0.2, 0.25) is 5.91 Å². The van der Waals surface area contributed by atoms with Crippen molar-refractivity contribution in [2.24, 2.45) is 0 Å². The van der Waals surface area contributed by atoms with Crippen molar-refractivity contribution in [2.45, 2.75) is 13.8 Å². The lowest BCUT2D eigenvalue weighted by atomic mass is 10.2. The van der Waals surface area contributed by atoms with Crippen LogP contribution in [0, 0.1) is 17.0 Å². The van der Waals surface area contributed by atoms with Crippen LogP contribution in [-0.4, -0.2) is 16.9 Å². The SMILES string of the molecule is CC(=O)Nc1ccc(OC(=O)Nc2ccc(C)cc2[N+](=O)[O-])cc1. The van der Waals surface area contributed by atoms with Crippen LogP contribution in [0.15, 0.2) is 42.5 Å². The largest absolute Gasteiger partial charge is 0.417 e. The van der Waals surface area contributed by atoms with Crippen LogP contribution in [0.3, 0.4) is 0 Å². The van der Waals surface area contributed by atoms with Gasteiger partial charge in [0.1, 0.15) is 11.4 Å². The molecule has 0 heterocycles. The number of rotatable bonds is 4. The van der Waals surface area contributed by atoms with Crippen LogP contribution >= 0.6 is 0 Å². The predicted molar refractivity (Wildman–Crippen MR) is 88.2 cm³/mol. The van der Waals surface area contributed by atoms with Crippen LogP contribution in [-0.2, 0) is 4.79 Å². The molecule has 0 unspecified atom stereocenters. The van der Waals surface area contributed by atoms with Gasteiger partial charge in [-0.15, -0.1) is 0 Å². The maximum Gasteiger partial charge on any atom is 0.417 e. The molecule has 0 spiro atoms. The van der Waals surface area contributed by atoms with E-state index in [0.717, 1.165) is 0 Å². The molecule has 124 valence electrons. The zero-order chi connectivity index (χ0) is 17.7. The van der Waals surface area contributed by atoms with Gasteiger partial charge in [-0.25, -0.2) is 4.79 Å². The minimum absolute atomic E-state index is 0.0467. The highest BCUT2D eigenvalue weighted by atomic mass is 16.6. The van der Waals surface area contributed by atoms with Gasteiger partial charge in [-0.3, -0.25) is 20.2 Å². The van der Waals surface area contributed by atoms with Gasteiger partial charge in [-0.2, -0.15) is 0 Å². The molecule has 2 aromatic rings. The average Bonchev–Trinajstić information content (AvgIpc) is 2.50. The van der Waals surface area contributed by atoms with E-state index in [-0.39, 0.29) is 23.0 Å². The Morgan fingerprint density at radius 3 is 2.33 bits per heavy atom. The number of ether oxygens (including phenoxy) is 1. The average molecular weight is 329 g/mol. The summed E-state index contributed by atoms with van der Waals surface area (Å²) in [6.45, 7) is 3.10. The molecule has 24 heavy (non-hydrogen) atoms. The van der Waals surface area contributed by atoms with E-state index in [1.54, 1.807) is 25.1 Å². The third-order valence-electron chi connectivity index (χ3n) is 2.97. The molecule has 0 saturated heterocycles. The van der Waals surface area contributed by atoms with Crippen molar-refractivity contribution in [3.8, 4) is 5.75 Å². The number of hydrogen-bond donors (Lipinski definition) is 2. The lowest BCUT2D eigenvalue weighted by Gasteiger charge is -2.08. The van der Waals surface area contributed by atoms with Crippen LogP contribution in [0.2, 0.25) is 0 Å². The summed E-state index contributed by atoms with van der Waals surface area (Å²) >= 11 is 0. The number of benzene rings is 2. The van der Waals surface area contributed by atoms with Crippen molar-refractivity contribution in [1.82, 2.24) is 0 Å². The van der Waals surface area contributed by atoms with Gasteiger partial charge in [0.15, 0.2) is 0 Å². The Morgan fingerprint density at radius 2 is 1.75 bits per heavy atom. The summed E-state index contributed by atoms with van der Waals surface area (Å²) in [5, 5.41) is 15.9. The van der Waals surface area contributed by atoms with Crippen LogP contribution in [0.25, 0.3) is 0 Å². The number of hydrogen-bond acceptors (Lipinski definition) is 5. The van der Waals surface area contributed by atoms with Crippen molar-refractivity contribution in [3.63, 3.8) is 0 Å². The molecule has 0 aliphatic rings. The molecule has 0 fully saturated rings. The minimum Gasteiger partial charge on any atom is -0.410 e. The zero-order valence-electron chi connectivity index (χ0n) is 13.0. The monoisotopic (exact) mass is 329 g/mol. The Hall–Kier alpha value is -3.42. The second kappa shape index (κ2) is 7.23. The molecule has 2 rings (SSSR count). The molecule has 0 radical (unpaired) electrons. The lowest BCUT2D eigenvalue weighted by Crippen LogP contribution is -2.17. The standard InChI is InChI=1S/C16H15N3O5/c1-10-3-8-14(15(9-10)19(22)23)18-16(21)24-13-6-4-12(5-7-13)17-11(2)20/h3-9H,1-2H3,(H,17,20)(H,18,21). The number of carbonyl (C=O) groups excluding carboxylic acids is 2. The van der Waals surface area contributed by atoms with Crippen molar-refractivity contribution in [2.75, 3.05) is 10.6 Å². The molecule has 8 nitrogen and oxygen atoms in total. The number of nitro groups is 1. The smallest absolute Gasteiger partial charge is 0.410 e. The maximum absolute atomic E-state index is 11.9. The van der Waals surface area contributed by atoms with Gasteiger partial charge in [0.05, 0.1) is 4.92 Å². The Balaban J connectivity index is 2.06. The fraction of sp³-hybridized carbons (Fsp3) is 0.125. The third kappa shape index (κ3) is 4.54. The second-order valence-corrected chi connectivity index (χ2v) is 5.00. The molecule has 0 aliphatic carbocycles. The van der Waals surface area contributed by atoms with Gasteiger partial charge in [0.25, 0.3) is 5.69 Å². The molecule has 2 aromatic carbocycles. The Morgan fingerprint density at radius 1 is 1.08 bits per heavy atom. The van der Waals surface area contributed by atoms with Crippen molar-refractivity contribution >= 4 is 29.1 Å². The number of nitrogens with one attached hydrogen (secondary N) is 2. The summed E-state index contributed by atoms with van der Waals surface area (Å²) in [6, 6.07) is 10.6. The first-order chi connectivity index (χ1) is 11.3. The van der Waals surface area contributed by atoms with Gasteiger partial charge >= 0.3 is 6.09 Å². The van der Waals surface area contributed by atoms with Crippen molar-refractivity contribution in [3.05, 3.63) is 58.1 Å². The number of nitro benzene ring substituents is 1. The number of carbonyl (C=O) groups is 2. The highest BCUT2D eigenvalue weighted by Crippen LogP contribution is 2.25. The minimum atomic E-state index is -0.853. The van der Waals surface area contributed by atoms with Crippen molar-refractivity contribution < 1.29 is 19.2 Å². The third-order valence-corrected chi connectivity index (χ3v) is 2.97. The van der Waals surface area contributed by atoms with E-state index in [4.69, 9.17) is 4.74 Å². The molecule has 2 amide bonds. The number of nitrogens with zero attached hydrogens (tertiary/aromatic N) is 1. The Labute approximate surface area is 137 Å². The quantitative estimate of drug-likeness (QED) is 0.659. The van der Waals surface area contributed by atoms with Crippen LogP contribution in [0.1, 0.15) is 12.5 Å². The number of aryl methyl sites for hydroxylation is 1. The lowest BCUT2D eigenvalue weighted by molar-refractivity contribution is -0.384. The molecular weight excluding hydrogens is 314 g/mol. The molecule has 0 aliphatic heterocycles. The van der Waals surface area contributed by atoms with Crippen LogP contribution < -0.4 is 15.4 Å². The molecule has 8 heteroatoms. The first-order valence-electron chi connectivity index (χ1n) is 6.96. The van der Waals surface area contributed by atoms with E-state index in [1.165, 1.54) is 31.2 Å². The molecule has 0 bridgehead atoms. The van der Waals surface area contributed by atoms with Crippen LogP contribution in [0.5, 0.6) is 5.75 Å². The fourth-order valence-corrected chi connectivity index (χ4v) is 1.95. The summed E-state index contributed by atoms with van der Waals surface area (Å²) < 4.78 is 5.06.